The van der Waals surface area contributed by atoms with Gasteiger partial charge in [0.2, 0.25) is 0 Å². The number of rotatable bonds is 5. The Bertz CT molecular complexity index is 885. The summed E-state index contributed by atoms with van der Waals surface area (Å²) in [6, 6.07) is 9.93. The molecule has 1 fully saturated rings. The van der Waals surface area contributed by atoms with Crippen LogP contribution in [0.25, 0.3) is 0 Å². The highest BCUT2D eigenvalue weighted by Gasteiger charge is 2.32. The molecule has 1 aliphatic heterocycles. The van der Waals surface area contributed by atoms with Crippen LogP contribution in [0.4, 0.5) is 11.5 Å². The fraction of sp³-hybridized carbons (Fsp3) is 0.353. The highest BCUT2D eigenvalue weighted by molar-refractivity contribution is 7.91. The Kier molecular flexibility index (Phi) is 5.43. The molecule has 1 aliphatic rings. The van der Waals surface area contributed by atoms with Crippen molar-refractivity contribution in [3.05, 3.63) is 47.1 Å². The van der Waals surface area contributed by atoms with Gasteiger partial charge in [0.1, 0.15) is 0 Å². The maximum atomic E-state index is 12.3. The predicted molar refractivity (Wildman–Crippen MR) is 102 cm³/mol. The van der Waals surface area contributed by atoms with Gasteiger partial charge in [-0.2, -0.15) is 0 Å². The number of aromatic nitrogens is 2. The summed E-state index contributed by atoms with van der Waals surface area (Å²) in [6.45, 7) is 2.55. The Morgan fingerprint density at radius 1 is 1.23 bits per heavy atom. The summed E-state index contributed by atoms with van der Waals surface area (Å²) < 4.78 is 23.4. The maximum absolute atomic E-state index is 12.3. The molecular formula is C17H19ClN4O3S. The van der Waals surface area contributed by atoms with Crippen molar-refractivity contribution in [1.29, 1.82) is 0 Å². The van der Waals surface area contributed by atoms with Crippen molar-refractivity contribution in [1.82, 2.24) is 10.2 Å². The fourth-order valence-electron chi connectivity index (χ4n) is 2.96. The van der Waals surface area contributed by atoms with E-state index in [1.165, 1.54) is 0 Å². The topological polar surface area (TPSA) is 92.3 Å². The minimum absolute atomic E-state index is 0.104. The Morgan fingerprint density at radius 2 is 1.96 bits per heavy atom. The van der Waals surface area contributed by atoms with Crippen molar-refractivity contribution in [3.8, 4) is 0 Å². The van der Waals surface area contributed by atoms with Crippen LogP contribution in [0.2, 0.25) is 5.02 Å². The number of hydrogen-bond acceptors (Lipinski definition) is 6. The molecule has 0 bridgehead atoms. The van der Waals surface area contributed by atoms with Crippen LogP contribution in [0.15, 0.2) is 36.4 Å². The number of hydrogen-bond donors (Lipinski definition) is 1. The number of benzene rings is 1. The third-order valence-corrected chi connectivity index (χ3v) is 6.27. The van der Waals surface area contributed by atoms with Gasteiger partial charge in [-0.3, -0.25) is 4.79 Å². The summed E-state index contributed by atoms with van der Waals surface area (Å²) in [5, 5.41) is 11.4. The summed E-state index contributed by atoms with van der Waals surface area (Å²) in [7, 11) is -2.98. The Hall–Kier alpha value is -2.19. The lowest BCUT2D eigenvalue weighted by Crippen LogP contribution is -2.37. The molecule has 9 heteroatoms. The Morgan fingerprint density at radius 3 is 2.50 bits per heavy atom. The number of nitrogens with zero attached hydrogens (tertiary/aromatic N) is 3. The average molecular weight is 395 g/mol. The van der Waals surface area contributed by atoms with Crippen LogP contribution in [0, 0.1) is 0 Å². The second-order valence-corrected chi connectivity index (χ2v) is 8.75. The number of sulfone groups is 1. The number of carbonyl (C=O) groups is 1. The standard InChI is InChI=1S/C17H19ClN4O3S/c1-2-22(14-9-10-26(24,25)11-14)16-8-7-15(20-21-16)17(23)19-13-5-3-12(18)4-6-13/h3-8,14H,2,9-11H2,1H3,(H,19,23). The van der Waals surface area contributed by atoms with E-state index in [1.54, 1.807) is 36.4 Å². The van der Waals surface area contributed by atoms with Crippen LogP contribution in [0.3, 0.4) is 0 Å². The number of carbonyl (C=O) groups excluding carboxylic acids is 1. The Balaban J connectivity index is 1.70. The molecule has 2 aromatic rings. The van der Waals surface area contributed by atoms with Crippen LogP contribution < -0.4 is 10.2 Å². The van der Waals surface area contributed by atoms with Crippen LogP contribution in [-0.4, -0.2) is 48.6 Å². The third-order valence-electron chi connectivity index (χ3n) is 4.27. The van der Waals surface area contributed by atoms with Crippen LogP contribution >= 0.6 is 11.6 Å². The SMILES string of the molecule is CCN(c1ccc(C(=O)Nc2ccc(Cl)cc2)nn1)C1CCS(=O)(=O)C1. The molecule has 1 unspecified atom stereocenters. The molecule has 2 heterocycles. The van der Waals surface area contributed by atoms with Crippen molar-refractivity contribution in [2.75, 3.05) is 28.3 Å². The average Bonchev–Trinajstić information content (AvgIpc) is 2.98. The van der Waals surface area contributed by atoms with Gasteiger partial charge in [0.05, 0.1) is 11.5 Å². The first-order valence-electron chi connectivity index (χ1n) is 8.25. The molecule has 7 nitrogen and oxygen atoms in total. The molecule has 0 radical (unpaired) electrons. The monoisotopic (exact) mass is 394 g/mol. The molecule has 1 aromatic heterocycles. The molecule has 138 valence electrons. The van der Waals surface area contributed by atoms with Crippen molar-refractivity contribution in [2.24, 2.45) is 0 Å². The van der Waals surface area contributed by atoms with Crippen molar-refractivity contribution >= 4 is 38.9 Å². The van der Waals surface area contributed by atoms with E-state index >= 15 is 0 Å². The minimum Gasteiger partial charge on any atom is -0.351 e. The molecule has 1 saturated heterocycles. The van der Waals surface area contributed by atoms with Gasteiger partial charge in [0.15, 0.2) is 21.3 Å². The van der Waals surface area contributed by atoms with Crippen molar-refractivity contribution < 1.29 is 13.2 Å². The van der Waals surface area contributed by atoms with E-state index in [1.807, 2.05) is 11.8 Å². The van der Waals surface area contributed by atoms with Gasteiger partial charge in [-0.05, 0) is 49.7 Å². The summed E-state index contributed by atoms with van der Waals surface area (Å²) >= 11 is 5.82. The quantitative estimate of drug-likeness (QED) is 0.837. The van der Waals surface area contributed by atoms with Crippen LogP contribution in [0.1, 0.15) is 23.8 Å². The van der Waals surface area contributed by atoms with Crippen molar-refractivity contribution in [3.63, 3.8) is 0 Å². The van der Waals surface area contributed by atoms with E-state index in [-0.39, 0.29) is 29.1 Å². The van der Waals surface area contributed by atoms with E-state index in [0.29, 0.717) is 29.5 Å². The summed E-state index contributed by atoms with van der Waals surface area (Å²) in [6.07, 6.45) is 0.580. The number of anilines is 2. The van der Waals surface area contributed by atoms with Gasteiger partial charge >= 0.3 is 0 Å². The Labute approximate surface area is 157 Å². The van der Waals surface area contributed by atoms with Crippen LogP contribution in [0.5, 0.6) is 0 Å². The lowest BCUT2D eigenvalue weighted by molar-refractivity contribution is 0.102. The molecule has 1 N–H and O–H groups in total. The summed E-state index contributed by atoms with van der Waals surface area (Å²) in [5.74, 6) is 0.514. The second-order valence-electron chi connectivity index (χ2n) is 6.08. The maximum Gasteiger partial charge on any atom is 0.276 e. The van der Waals surface area contributed by atoms with Crippen LogP contribution in [-0.2, 0) is 9.84 Å². The zero-order chi connectivity index (χ0) is 18.7. The van der Waals surface area contributed by atoms with Gasteiger partial charge in [0.25, 0.3) is 5.91 Å². The number of halogens is 1. The summed E-state index contributed by atoms with van der Waals surface area (Å²) in [4.78, 5) is 14.2. The zero-order valence-electron chi connectivity index (χ0n) is 14.2. The van der Waals surface area contributed by atoms with E-state index in [0.717, 1.165) is 0 Å². The number of amides is 1. The summed E-state index contributed by atoms with van der Waals surface area (Å²) in [5.41, 5.74) is 0.787. The van der Waals surface area contributed by atoms with E-state index in [2.05, 4.69) is 15.5 Å². The molecule has 1 atom stereocenters. The minimum atomic E-state index is -2.98. The molecule has 1 amide bonds. The molecule has 0 spiro atoms. The fourth-order valence-corrected chi connectivity index (χ4v) is 4.81. The molecule has 3 rings (SSSR count). The molecule has 26 heavy (non-hydrogen) atoms. The van der Waals surface area contributed by atoms with Gasteiger partial charge in [-0.15, -0.1) is 10.2 Å². The van der Waals surface area contributed by atoms with E-state index in [4.69, 9.17) is 11.6 Å². The largest absolute Gasteiger partial charge is 0.351 e. The van der Waals surface area contributed by atoms with Crippen molar-refractivity contribution in [2.45, 2.75) is 19.4 Å². The van der Waals surface area contributed by atoms with Gasteiger partial charge in [-0.1, -0.05) is 11.6 Å². The first kappa shape index (κ1) is 18.6. The molecular weight excluding hydrogens is 376 g/mol. The van der Waals surface area contributed by atoms with Gasteiger partial charge < -0.3 is 10.2 Å². The predicted octanol–water partition coefficient (Wildman–Crippen LogP) is 2.40. The second kappa shape index (κ2) is 7.59. The van der Waals surface area contributed by atoms with Gasteiger partial charge in [-0.25, -0.2) is 8.42 Å². The normalized spacial score (nSPS) is 18.5. The molecule has 0 saturated carbocycles. The van der Waals surface area contributed by atoms with E-state index in [9.17, 15) is 13.2 Å². The first-order valence-corrected chi connectivity index (χ1v) is 10.5. The highest BCUT2D eigenvalue weighted by atomic mass is 35.5. The highest BCUT2D eigenvalue weighted by Crippen LogP contribution is 2.22. The zero-order valence-corrected chi connectivity index (χ0v) is 15.8. The smallest absolute Gasteiger partial charge is 0.276 e. The van der Waals surface area contributed by atoms with E-state index < -0.39 is 9.84 Å². The molecule has 1 aromatic carbocycles. The number of nitrogens with one attached hydrogen (secondary N) is 1. The molecule has 0 aliphatic carbocycles. The lowest BCUT2D eigenvalue weighted by Gasteiger charge is -2.27. The first-order chi connectivity index (χ1) is 12.4. The lowest BCUT2D eigenvalue weighted by atomic mass is 10.2. The third kappa shape index (κ3) is 4.31. The van der Waals surface area contributed by atoms with Gasteiger partial charge in [0, 0.05) is 23.3 Å².